The second-order valence-corrected chi connectivity index (χ2v) is 5.87. The number of halogens is 5. The number of alkyl halides is 3. The van der Waals surface area contributed by atoms with Gasteiger partial charge in [-0.1, -0.05) is 35.3 Å². The fourth-order valence-electron chi connectivity index (χ4n) is 2.31. The highest BCUT2D eigenvalue weighted by molar-refractivity contribution is 6.30. The molecule has 0 unspecified atom stereocenters. The van der Waals surface area contributed by atoms with Crippen LogP contribution in [0.4, 0.5) is 19.0 Å². The van der Waals surface area contributed by atoms with E-state index in [1.165, 1.54) is 36.4 Å². The van der Waals surface area contributed by atoms with Gasteiger partial charge in [-0.25, -0.2) is 4.68 Å². The molecular weight excluding hydrogens is 362 g/mol. The Bertz CT molecular complexity index is 869. The summed E-state index contributed by atoms with van der Waals surface area (Å²) in [5.74, 6) is -0.119. The van der Waals surface area contributed by atoms with Gasteiger partial charge in [-0.05, 0) is 42.0 Å². The summed E-state index contributed by atoms with van der Waals surface area (Å²) in [4.78, 5) is 0. The van der Waals surface area contributed by atoms with Crippen LogP contribution in [0.15, 0.2) is 48.5 Å². The maximum atomic E-state index is 13.4. The van der Waals surface area contributed by atoms with Crippen LogP contribution in [0.3, 0.4) is 0 Å². The number of nitrogens with zero attached hydrogens (tertiary/aromatic N) is 2. The molecule has 0 fully saturated rings. The molecule has 0 saturated carbocycles. The minimum atomic E-state index is -4.65. The molecule has 3 nitrogen and oxygen atoms in total. The highest BCUT2D eigenvalue weighted by atomic mass is 35.5. The number of anilines is 1. The third-order valence-electron chi connectivity index (χ3n) is 3.39. The molecule has 0 aliphatic heterocycles. The minimum absolute atomic E-state index is 0.119. The van der Waals surface area contributed by atoms with Crippen molar-refractivity contribution in [1.82, 2.24) is 9.78 Å². The smallest absolute Gasteiger partial charge is 0.383 e. The molecule has 2 N–H and O–H groups in total. The van der Waals surface area contributed by atoms with Gasteiger partial charge in [0.1, 0.15) is 5.82 Å². The molecule has 1 heterocycles. The predicted octanol–water partition coefficient (Wildman–Crippen LogP) is 5.45. The lowest BCUT2D eigenvalue weighted by molar-refractivity contribution is -0.140. The zero-order valence-electron chi connectivity index (χ0n) is 12.0. The molecule has 0 radical (unpaired) electrons. The molecule has 8 heteroatoms. The number of nitrogens with two attached hydrogens (primary N) is 1. The molecule has 0 aliphatic rings. The van der Waals surface area contributed by atoms with E-state index in [0.29, 0.717) is 15.7 Å². The number of hydrogen-bond acceptors (Lipinski definition) is 2. The fourth-order valence-corrected chi connectivity index (χ4v) is 2.56. The first-order valence-corrected chi connectivity index (χ1v) is 7.50. The van der Waals surface area contributed by atoms with Crippen LogP contribution in [0.1, 0.15) is 5.69 Å². The van der Waals surface area contributed by atoms with Crippen molar-refractivity contribution >= 4 is 29.0 Å². The zero-order chi connectivity index (χ0) is 17.5. The lowest BCUT2D eigenvalue weighted by Gasteiger charge is -2.07. The molecule has 0 spiro atoms. The number of aromatic nitrogens is 2. The molecule has 24 heavy (non-hydrogen) atoms. The van der Waals surface area contributed by atoms with E-state index in [1.807, 2.05) is 0 Å². The van der Waals surface area contributed by atoms with Gasteiger partial charge in [0.15, 0.2) is 5.69 Å². The third-order valence-corrected chi connectivity index (χ3v) is 3.90. The van der Waals surface area contributed by atoms with Crippen molar-refractivity contribution in [2.24, 2.45) is 0 Å². The molecule has 3 aromatic rings. The summed E-state index contributed by atoms with van der Waals surface area (Å²) in [5, 5.41) is 4.54. The van der Waals surface area contributed by atoms with Crippen molar-refractivity contribution in [1.29, 1.82) is 0 Å². The van der Waals surface area contributed by atoms with Gasteiger partial charge in [-0.2, -0.15) is 18.3 Å². The van der Waals surface area contributed by atoms with Crippen LogP contribution in [0.2, 0.25) is 10.0 Å². The molecule has 2 aromatic carbocycles. The Kier molecular flexibility index (Phi) is 4.19. The summed E-state index contributed by atoms with van der Waals surface area (Å²) in [6.07, 6.45) is -4.65. The number of benzene rings is 2. The Labute approximate surface area is 145 Å². The Morgan fingerprint density at radius 2 is 1.38 bits per heavy atom. The van der Waals surface area contributed by atoms with E-state index in [9.17, 15) is 13.2 Å². The molecule has 0 bridgehead atoms. The summed E-state index contributed by atoms with van der Waals surface area (Å²) >= 11 is 11.6. The van der Waals surface area contributed by atoms with Crippen molar-refractivity contribution in [3.05, 3.63) is 64.3 Å². The first kappa shape index (κ1) is 16.7. The van der Waals surface area contributed by atoms with Crippen molar-refractivity contribution < 1.29 is 13.2 Å². The van der Waals surface area contributed by atoms with E-state index in [0.717, 1.165) is 4.68 Å². The first-order valence-electron chi connectivity index (χ1n) is 6.75. The van der Waals surface area contributed by atoms with Crippen LogP contribution in [0, 0.1) is 0 Å². The van der Waals surface area contributed by atoms with Crippen molar-refractivity contribution in [3.63, 3.8) is 0 Å². The number of nitrogen functional groups attached to an aromatic ring is 1. The summed E-state index contributed by atoms with van der Waals surface area (Å²) in [6.45, 7) is 0. The van der Waals surface area contributed by atoms with E-state index in [1.54, 1.807) is 12.1 Å². The maximum Gasteiger partial charge on any atom is 0.435 e. The monoisotopic (exact) mass is 371 g/mol. The Morgan fingerprint density at radius 3 is 1.88 bits per heavy atom. The molecule has 0 saturated heterocycles. The van der Waals surface area contributed by atoms with E-state index < -0.39 is 11.9 Å². The third kappa shape index (κ3) is 3.07. The number of hydrogen-bond donors (Lipinski definition) is 1. The van der Waals surface area contributed by atoms with Crippen molar-refractivity contribution in [2.75, 3.05) is 5.73 Å². The lowest BCUT2D eigenvalue weighted by Crippen LogP contribution is -2.08. The zero-order valence-corrected chi connectivity index (χ0v) is 13.5. The van der Waals surface area contributed by atoms with E-state index in [2.05, 4.69) is 5.10 Å². The standard InChI is InChI=1S/C16H10Cl2F3N3/c17-10-3-1-9(2-4-10)13-14(16(19,20)21)23-24(15(13)22)12-7-5-11(18)6-8-12/h1-8H,22H2. The van der Waals surface area contributed by atoms with Crippen LogP contribution in [0.25, 0.3) is 16.8 Å². The second-order valence-electron chi connectivity index (χ2n) is 5.00. The quantitative estimate of drug-likeness (QED) is 0.650. The Balaban J connectivity index is 2.23. The van der Waals surface area contributed by atoms with Gasteiger partial charge in [-0.3, -0.25) is 0 Å². The normalized spacial score (nSPS) is 11.7. The van der Waals surface area contributed by atoms with E-state index in [-0.39, 0.29) is 16.9 Å². The molecule has 3 rings (SSSR count). The molecule has 0 atom stereocenters. The Hall–Kier alpha value is -2.18. The molecule has 0 aliphatic carbocycles. The topological polar surface area (TPSA) is 43.8 Å². The lowest BCUT2D eigenvalue weighted by atomic mass is 10.1. The first-order chi connectivity index (χ1) is 11.3. The van der Waals surface area contributed by atoms with Gasteiger partial charge in [0.2, 0.25) is 0 Å². The number of rotatable bonds is 2. The summed E-state index contributed by atoms with van der Waals surface area (Å²) in [5.41, 5.74) is 5.39. The van der Waals surface area contributed by atoms with Crippen molar-refractivity contribution in [2.45, 2.75) is 6.18 Å². The summed E-state index contributed by atoms with van der Waals surface area (Å²) in [7, 11) is 0. The molecular formula is C16H10Cl2F3N3. The van der Waals surface area contributed by atoms with Crippen LogP contribution < -0.4 is 5.73 Å². The molecule has 124 valence electrons. The van der Waals surface area contributed by atoms with Gasteiger partial charge in [-0.15, -0.1) is 0 Å². The molecule has 0 amide bonds. The summed E-state index contributed by atoms with van der Waals surface area (Å²) < 4.78 is 41.3. The maximum absolute atomic E-state index is 13.4. The van der Waals surface area contributed by atoms with Gasteiger partial charge in [0.05, 0.1) is 11.3 Å². The highest BCUT2D eigenvalue weighted by Crippen LogP contribution is 2.40. The molecule has 1 aromatic heterocycles. The van der Waals surface area contributed by atoms with Gasteiger partial charge >= 0.3 is 6.18 Å². The Morgan fingerprint density at radius 1 is 0.875 bits per heavy atom. The van der Waals surface area contributed by atoms with Gasteiger partial charge < -0.3 is 5.73 Å². The van der Waals surface area contributed by atoms with Gasteiger partial charge in [0.25, 0.3) is 0 Å². The van der Waals surface area contributed by atoms with Crippen LogP contribution in [0.5, 0.6) is 0 Å². The summed E-state index contributed by atoms with van der Waals surface area (Å²) in [6, 6.07) is 12.1. The second kappa shape index (κ2) is 6.03. The van der Waals surface area contributed by atoms with E-state index in [4.69, 9.17) is 28.9 Å². The van der Waals surface area contributed by atoms with Gasteiger partial charge in [0, 0.05) is 10.0 Å². The predicted molar refractivity (Wildman–Crippen MR) is 88.4 cm³/mol. The van der Waals surface area contributed by atoms with E-state index >= 15 is 0 Å². The van der Waals surface area contributed by atoms with Crippen molar-refractivity contribution in [3.8, 4) is 16.8 Å². The average molecular weight is 372 g/mol. The SMILES string of the molecule is Nc1c(-c2ccc(Cl)cc2)c(C(F)(F)F)nn1-c1ccc(Cl)cc1. The average Bonchev–Trinajstić information content (AvgIpc) is 2.87. The van der Waals surface area contributed by atoms with Crippen LogP contribution in [-0.2, 0) is 6.18 Å². The largest absolute Gasteiger partial charge is 0.435 e. The van der Waals surface area contributed by atoms with Crippen LogP contribution in [-0.4, -0.2) is 9.78 Å². The fraction of sp³-hybridized carbons (Fsp3) is 0.0625. The highest BCUT2D eigenvalue weighted by Gasteiger charge is 2.39. The minimum Gasteiger partial charge on any atom is -0.383 e. The van der Waals surface area contributed by atoms with Crippen LogP contribution >= 0.6 is 23.2 Å².